The number of fused-ring (bicyclic) bond motifs is 1. The van der Waals surface area contributed by atoms with Gasteiger partial charge < -0.3 is 10.6 Å². The monoisotopic (exact) mass is 273 g/mol. The maximum Gasteiger partial charge on any atom is 0.221 e. The second-order valence-corrected chi connectivity index (χ2v) is 6.00. The number of benzene rings is 1. The SMILES string of the molecule is CC(=O)Nc1cc(NC2CCN3CCCC23)ccc1C. The van der Waals surface area contributed by atoms with Gasteiger partial charge in [0, 0.05) is 36.9 Å². The second-order valence-electron chi connectivity index (χ2n) is 6.00. The summed E-state index contributed by atoms with van der Waals surface area (Å²) < 4.78 is 0. The van der Waals surface area contributed by atoms with Crippen LogP contribution < -0.4 is 10.6 Å². The van der Waals surface area contributed by atoms with Crippen molar-refractivity contribution < 1.29 is 4.79 Å². The number of aryl methyl sites for hydroxylation is 1. The summed E-state index contributed by atoms with van der Waals surface area (Å²) in [6, 6.07) is 7.47. The van der Waals surface area contributed by atoms with E-state index < -0.39 is 0 Å². The fraction of sp³-hybridized carbons (Fsp3) is 0.562. The highest BCUT2D eigenvalue weighted by Gasteiger charge is 2.36. The minimum atomic E-state index is -0.0203. The van der Waals surface area contributed by atoms with Crippen LogP contribution in [0.3, 0.4) is 0 Å². The van der Waals surface area contributed by atoms with E-state index in [4.69, 9.17) is 0 Å². The van der Waals surface area contributed by atoms with Gasteiger partial charge >= 0.3 is 0 Å². The molecule has 0 saturated carbocycles. The fourth-order valence-electron chi connectivity index (χ4n) is 3.50. The number of carbonyl (C=O) groups is 1. The van der Waals surface area contributed by atoms with Crippen LogP contribution in [0.1, 0.15) is 31.7 Å². The molecule has 2 aliphatic heterocycles. The Bertz CT molecular complexity index is 514. The van der Waals surface area contributed by atoms with E-state index in [-0.39, 0.29) is 5.91 Å². The molecule has 2 fully saturated rings. The average Bonchev–Trinajstić information content (AvgIpc) is 2.98. The largest absolute Gasteiger partial charge is 0.381 e. The van der Waals surface area contributed by atoms with Crippen molar-refractivity contribution in [2.75, 3.05) is 23.7 Å². The van der Waals surface area contributed by atoms with Gasteiger partial charge in [-0.3, -0.25) is 9.69 Å². The van der Waals surface area contributed by atoms with Crippen LogP contribution >= 0.6 is 0 Å². The van der Waals surface area contributed by atoms with Crippen molar-refractivity contribution in [2.45, 2.75) is 45.2 Å². The maximum absolute atomic E-state index is 11.2. The molecule has 1 aromatic rings. The van der Waals surface area contributed by atoms with Crippen LogP contribution in [0.4, 0.5) is 11.4 Å². The Balaban J connectivity index is 1.72. The van der Waals surface area contributed by atoms with Crippen LogP contribution in [-0.4, -0.2) is 36.0 Å². The zero-order valence-electron chi connectivity index (χ0n) is 12.3. The van der Waals surface area contributed by atoms with E-state index in [0.29, 0.717) is 12.1 Å². The van der Waals surface area contributed by atoms with Crippen molar-refractivity contribution in [3.05, 3.63) is 23.8 Å². The van der Waals surface area contributed by atoms with Gasteiger partial charge in [-0.05, 0) is 50.4 Å². The Morgan fingerprint density at radius 3 is 2.95 bits per heavy atom. The van der Waals surface area contributed by atoms with E-state index in [1.54, 1.807) is 6.92 Å². The van der Waals surface area contributed by atoms with Gasteiger partial charge in [0.25, 0.3) is 0 Å². The second kappa shape index (κ2) is 5.44. The lowest BCUT2D eigenvalue weighted by Crippen LogP contribution is -2.33. The number of rotatable bonds is 3. The normalized spacial score (nSPS) is 25.5. The van der Waals surface area contributed by atoms with Crippen LogP contribution in [0.2, 0.25) is 0 Å². The first-order chi connectivity index (χ1) is 9.63. The standard InChI is InChI=1S/C16H23N3O/c1-11-5-6-13(10-15(11)17-12(2)20)18-14-7-9-19-8-3-4-16(14)19/h5-6,10,14,16,18H,3-4,7-9H2,1-2H3,(H,17,20). The van der Waals surface area contributed by atoms with E-state index in [1.807, 2.05) is 13.0 Å². The highest BCUT2D eigenvalue weighted by Crippen LogP contribution is 2.31. The quantitative estimate of drug-likeness (QED) is 0.889. The van der Waals surface area contributed by atoms with E-state index in [0.717, 1.165) is 16.9 Å². The summed E-state index contributed by atoms with van der Waals surface area (Å²) in [5, 5.41) is 6.56. The Morgan fingerprint density at radius 2 is 2.15 bits per heavy atom. The molecule has 1 amide bonds. The van der Waals surface area contributed by atoms with Gasteiger partial charge in [0.1, 0.15) is 0 Å². The molecule has 1 aromatic carbocycles. The molecule has 2 heterocycles. The highest BCUT2D eigenvalue weighted by atomic mass is 16.1. The molecule has 0 aliphatic carbocycles. The lowest BCUT2D eigenvalue weighted by atomic mass is 10.1. The minimum Gasteiger partial charge on any atom is -0.381 e. The zero-order chi connectivity index (χ0) is 14.1. The number of nitrogens with one attached hydrogen (secondary N) is 2. The first-order valence-electron chi connectivity index (χ1n) is 7.52. The van der Waals surface area contributed by atoms with Gasteiger partial charge in [0.2, 0.25) is 5.91 Å². The van der Waals surface area contributed by atoms with E-state index in [9.17, 15) is 4.79 Å². The van der Waals surface area contributed by atoms with Gasteiger partial charge in [0.05, 0.1) is 0 Å². The minimum absolute atomic E-state index is 0.0203. The molecule has 0 spiro atoms. The number of nitrogens with zero attached hydrogens (tertiary/aromatic N) is 1. The first-order valence-corrected chi connectivity index (χ1v) is 7.52. The Labute approximate surface area is 120 Å². The van der Waals surface area contributed by atoms with Crippen molar-refractivity contribution in [2.24, 2.45) is 0 Å². The fourth-order valence-corrected chi connectivity index (χ4v) is 3.50. The van der Waals surface area contributed by atoms with Crippen LogP contribution in [-0.2, 0) is 4.79 Å². The van der Waals surface area contributed by atoms with Crippen molar-refractivity contribution in [1.82, 2.24) is 4.90 Å². The molecule has 3 rings (SSSR count). The van der Waals surface area contributed by atoms with Gasteiger partial charge in [-0.2, -0.15) is 0 Å². The van der Waals surface area contributed by atoms with Crippen molar-refractivity contribution in [3.8, 4) is 0 Å². The summed E-state index contributed by atoms with van der Waals surface area (Å²) in [4.78, 5) is 13.8. The molecular formula is C16H23N3O. The van der Waals surface area contributed by atoms with E-state index in [2.05, 4.69) is 27.7 Å². The smallest absolute Gasteiger partial charge is 0.221 e. The number of carbonyl (C=O) groups excluding carboxylic acids is 1. The summed E-state index contributed by atoms with van der Waals surface area (Å²) >= 11 is 0. The lowest BCUT2D eigenvalue weighted by Gasteiger charge is -2.22. The highest BCUT2D eigenvalue weighted by molar-refractivity contribution is 5.90. The molecule has 2 unspecified atom stereocenters. The summed E-state index contributed by atoms with van der Waals surface area (Å²) in [7, 11) is 0. The van der Waals surface area contributed by atoms with Gasteiger partial charge in [-0.1, -0.05) is 6.07 Å². The number of hydrogen-bond acceptors (Lipinski definition) is 3. The predicted molar refractivity (Wildman–Crippen MR) is 82.1 cm³/mol. The van der Waals surface area contributed by atoms with Crippen LogP contribution in [0, 0.1) is 6.92 Å². The Kier molecular flexibility index (Phi) is 3.66. The molecule has 2 aliphatic rings. The molecular weight excluding hydrogens is 250 g/mol. The lowest BCUT2D eigenvalue weighted by molar-refractivity contribution is -0.114. The summed E-state index contributed by atoms with van der Waals surface area (Å²) in [6.45, 7) is 6.04. The number of hydrogen-bond donors (Lipinski definition) is 2. The Morgan fingerprint density at radius 1 is 1.30 bits per heavy atom. The molecule has 108 valence electrons. The summed E-state index contributed by atoms with van der Waals surface area (Å²) in [6.07, 6.45) is 3.85. The summed E-state index contributed by atoms with van der Waals surface area (Å²) in [5.41, 5.74) is 3.11. The molecule has 0 radical (unpaired) electrons. The molecule has 4 nitrogen and oxygen atoms in total. The number of anilines is 2. The van der Waals surface area contributed by atoms with Crippen LogP contribution in [0.25, 0.3) is 0 Å². The molecule has 4 heteroatoms. The third-order valence-electron chi connectivity index (χ3n) is 4.51. The predicted octanol–water partition coefficient (Wildman–Crippen LogP) is 2.60. The van der Waals surface area contributed by atoms with Gasteiger partial charge in [-0.15, -0.1) is 0 Å². The molecule has 2 saturated heterocycles. The zero-order valence-corrected chi connectivity index (χ0v) is 12.3. The average molecular weight is 273 g/mol. The van der Waals surface area contributed by atoms with Crippen molar-refractivity contribution in [1.29, 1.82) is 0 Å². The third-order valence-corrected chi connectivity index (χ3v) is 4.51. The molecule has 0 aromatic heterocycles. The van der Waals surface area contributed by atoms with E-state index in [1.165, 1.54) is 32.4 Å². The third kappa shape index (κ3) is 2.66. The van der Waals surface area contributed by atoms with Crippen LogP contribution in [0.5, 0.6) is 0 Å². The Hall–Kier alpha value is -1.55. The van der Waals surface area contributed by atoms with Crippen molar-refractivity contribution >= 4 is 17.3 Å². The maximum atomic E-state index is 11.2. The van der Waals surface area contributed by atoms with Gasteiger partial charge in [-0.25, -0.2) is 0 Å². The topological polar surface area (TPSA) is 44.4 Å². The molecule has 2 atom stereocenters. The summed E-state index contributed by atoms with van der Waals surface area (Å²) in [5.74, 6) is -0.0203. The van der Waals surface area contributed by atoms with E-state index >= 15 is 0 Å². The van der Waals surface area contributed by atoms with Gasteiger partial charge in [0.15, 0.2) is 0 Å². The molecule has 0 bridgehead atoms. The molecule has 20 heavy (non-hydrogen) atoms. The first kappa shape index (κ1) is 13.4. The number of amides is 1. The van der Waals surface area contributed by atoms with Crippen LogP contribution in [0.15, 0.2) is 18.2 Å². The molecule has 2 N–H and O–H groups in total. The van der Waals surface area contributed by atoms with Crippen molar-refractivity contribution in [3.63, 3.8) is 0 Å².